The third-order valence-electron chi connectivity index (χ3n) is 3.46. The van der Waals surface area contributed by atoms with Crippen LogP contribution in [-0.4, -0.2) is 12.6 Å². The van der Waals surface area contributed by atoms with Gasteiger partial charge in [-0.05, 0) is 51.2 Å². The Hall–Kier alpha value is -0.500. The van der Waals surface area contributed by atoms with E-state index in [-0.39, 0.29) is 0 Å². The number of hydrogen-bond donors (Lipinski definition) is 0. The highest BCUT2D eigenvalue weighted by Crippen LogP contribution is 2.34. The first kappa shape index (κ1) is 12.9. The zero-order valence-corrected chi connectivity index (χ0v) is 12.6. The summed E-state index contributed by atoms with van der Waals surface area (Å²) in [6.45, 7) is 7.97. The van der Waals surface area contributed by atoms with Crippen LogP contribution in [0.1, 0.15) is 37.8 Å². The molecule has 1 fully saturated rings. The summed E-state index contributed by atoms with van der Waals surface area (Å²) >= 11 is 3.62. The fourth-order valence-electron chi connectivity index (χ4n) is 2.27. The number of alkyl halides is 1. The minimum absolute atomic E-state index is 0.580. The van der Waals surface area contributed by atoms with Gasteiger partial charge in [-0.15, -0.1) is 0 Å². The lowest BCUT2D eigenvalue weighted by molar-refractivity contribution is 0.643. The molecule has 0 N–H and O–H groups in total. The second-order valence-electron chi connectivity index (χ2n) is 5.46. The van der Waals surface area contributed by atoms with Gasteiger partial charge in [0.2, 0.25) is 0 Å². The molecular formula is C15H22BrN. The molecule has 0 radical (unpaired) electrons. The maximum absolute atomic E-state index is 3.62. The van der Waals surface area contributed by atoms with Crippen molar-refractivity contribution in [1.29, 1.82) is 0 Å². The Morgan fingerprint density at radius 2 is 2.06 bits per heavy atom. The van der Waals surface area contributed by atoms with Crippen LogP contribution in [0.3, 0.4) is 0 Å². The molecule has 17 heavy (non-hydrogen) atoms. The van der Waals surface area contributed by atoms with Crippen molar-refractivity contribution in [2.24, 2.45) is 5.92 Å². The topological polar surface area (TPSA) is 3.24 Å². The zero-order chi connectivity index (χ0) is 12.4. The van der Waals surface area contributed by atoms with Crippen molar-refractivity contribution in [2.75, 3.05) is 11.4 Å². The lowest BCUT2D eigenvalue weighted by Gasteiger charge is -2.31. The van der Waals surface area contributed by atoms with Crippen LogP contribution in [-0.2, 0) is 5.33 Å². The van der Waals surface area contributed by atoms with Gasteiger partial charge >= 0.3 is 0 Å². The van der Waals surface area contributed by atoms with Crippen molar-refractivity contribution >= 4 is 21.6 Å². The molecule has 0 aromatic heterocycles. The van der Waals surface area contributed by atoms with E-state index in [2.05, 4.69) is 59.8 Å². The van der Waals surface area contributed by atoms with Crippen LogP contribution in [0, 0.1) is 12.8 Å². The predicted octanol–water partition coefficient (Wildman–Crippen LogP) is 4.51. The first-order valence-corrected chi connectivity index (χ1v) is 7.66. The quantitative estimate of drug-likeness (QED) is 0.722. The second kappa shape index (κ2) is 5.43. The Balaban J connectivity index is 2.26. The summed E-state index contributed by atoms with van der Waals surface area (Å²) in [5.41, 5.74) is 4.17. The van der Waals surface area contributed by atoms with Crippen molar-refractivity contribution in [2.45, 2.75) is 45.0 Å². The molecule has 0 aliphatic heterocycles. The lowest BCUT2D eigenvalue weighted by atomic mass is 10.1. The van der Waals surface area contributed by atoms with E-state index < -0.39 is 0 Å². The standard InChI is InChI=1S/C15H22BrN/c1-11(2)17(10-13-5-6-13)15-7-4-12(3)8-14(15)9-16/h4,7-8,11,13H,5-6,9-10H2,1-3H3. The number of anilines is 1. The Kier molecular flexibility index (Phi) is 4.13. The molecule has 0 spiro atoms. The Labute approximate surface area is 113 Å². The molecule has 1 nitrogen and oxygen atoms in total. The van der Waals surface area contributed by atoms with E-state index in [0.29, 0.717) is 6.04 Å². The maximum atomic E-state index is 3.62. The van der Waals surface area contributed by atoms with Gasteiger partial charge in [-0.1, -0.05) is 33.6 Å². The molecule has 94 valence electrons. The number of benzene rings is 1. The molecule has 2 heteroatoms. The number of hydrogen-bond acceptors (Lipinski definition) is 1. The molecule has 1 aliphatic rings. The summed E-state index contributed by atoms with van der Waals surface area (Å²) in [5.74, 6) is 0.932. The monoisotopic (exact) mass is 295 g/mol. The van der Waals surface area contributed by atoms with Crippen LogP contribution in [0.5, 0.6) is 0 Å². The van der Waals surface area contributed by atoms with Gasteiger partial charge in [0.15, 0.2) is 0 Å². The van der Waals surface area contributed by atoms with Gasteiger partial charge in [-0.2, -0.15) is 0 Å². The highest BCUT2D eigenvalue weighted by molar-refractivity contribution is 9.08. The van der Waals surface area contributed by atoms with E-state index in [9.17, 15) is 0 Å². The predicted molar refractivity (Wildman–Crippen MR) is 79.0 cm³/mol. The third kappa shape index (κ3) is 3.25. The molecule has 0 bridgehead atoms. The number of nitrogens with zero attached hydrogens (tertiary/aromatic N) is 1. The van der Waals surface area contributed by atoms with Crippen LogP contribution in [0.25, 0.3) is 0 Å². The van der Waals surface area contributed by atoms with E-state index >= 15 is 0 Å². The molecule has 0 heterocycles. The minimum Gasteiger partial charge on any atom is -0.369 e. The average molecular weight is 296 g/mol. The Morgan fingerprint density at radius 3 is 2.59 bits per heavy atom. The fraction of sp³-hybridized carbons (Fsp3) is 0.600. The SMILES string of the molecule is Cc1ccc(N(CC2CC2)C(C)C)c(CBr)c1. The number of halogens is 1. The van der Waals surface area contributed by atoms with E-state index in [1.165, 1.54) is 36.2 Å². The van der Waals surface area contributed by atoms with Gasteiger partial charge in [-0.3, -0.25) is 0 Å². The van der Waals surface area contributed by atoms with Gasteiger partial charge < -0.3 is 4.90 Å². The normalized spacial score (nSPS) is 15.4. The molecule has 2 rings (SSSR count). The largest absolute Gasteiger partial charge is 0.369 e. The summed E-state index contributed by atoms with van der Waals surface area (Å²) in [6, 6.07) is 7.39. The lowest BCUT2D eigenvalue weighted by Crippen LogP contribution is -2.33. The van der Waals surface area contributed by atoms with Gasteiger partial charge in [0.05, 0.1) is 0 Å². The van der Waals surface area contributed by atoms with Gasteiger partial charge in [0.25, 0.3) is 0 Å². The number of rotatable bonds is 5. The minimum atomic E-state index is 0.580. The van der Waals surface area contributed by atoms with E-state index in [0.717, 1.165) is 11.2 Å². The molecule has 0 amide bonds. The summed E-state index contributed by atoms with van der Waals surface area (Å²) in [4.78, 5) is 2.56. The third-order valence-corrected chi connectivity index (χ3v) is 4.07. The molecule has 0 atom stereocenters. The Morgan fingerprint density at radius 1 is 1.35 bits per heavy atom. The van der Waals surface area contributed by atoms with Crippen LogP contribution in [0.15, 0.2) is 18.2 Å². The van der Waals surface area contributed by atoms with E-state index in [1.807, 2.05) is 0 Å². The molecule has 1 aromatic rings. The average Bonchev–Trinajstić information content (AvgIpc) is 3.09. The second-order valence-corrected chi connectivity index (χ2v) is 6.02. The molecule has 0 unspecified atom stereocenters. The van der Waals surface area contributed by atoms with Crippen LogP contribution in [0.4, 0.5) is 5.69 Å². The fourth-order valence-corrected chi connectivity index (χ4v) is 2.72. The van der Waals surface area contributed by atoms with Crippen LogP contribution < -0.4 is 4.90 Å². The first-order chi connectivity index (χ1) is 8.11. The highest BCUT2D eigenvalue weighted by atomic mass is 79.9. The Bertz CT molecular complexity index is 383. The van der Waals surface area contributed by atoms with Crippen molar-refractivity contribution in [1.82, 2.24) is 0 Å². The maximum Gasteiger partial charge on any atom is 0.0409 e. The summed E-state index contributed by atoms with van der Waals surface area (Å²) in [5, 5.41) is 0.942. The van der Waals surface area contributed by atoms with Crippen molar-refractivity contribution < 1.29 is 0 Å². The van der Waals surface area contributed by atoms with E-state index in [1.54, 1.807) is 0 Å². The molecule has 1 aliphatic carbocycles. The highest BCUT2D eigenvalue weighted by Gasteiger charge is 2.26. The van der Waals surface area contributed by atoms with Crippen molar-refractivity contribution in [3.05, 3.63) is 29.3 Å². The van der Waals surface area contributed by atoms with Crippen molar-refractivity contribution in [3.63, 3.8) is 0 Å². The van der Waals surface area contributed by atoms with Crippen molar-refractivity contribution in [3.8, 4) is 0 Å². The molecule has 0 saturated heterocycles. The smallest absolute Gasteiger partial charge is 0.0409 e. The molecular weight excluding hydrogens is 274 g/mol. The first-order valence-electron chi connectivity index (χ1n) is 6.54. The summed E-state index contributed by atoms with van der Waals surface area (Å²) in [7, 11) is 0. The van der Waals surface area contributed by atoms with E-state index in [4.69, 9.17) is 0 Å². The number of aryl methyl sites for hydroxylation is 1. The van der Waals surface area contributed by atoms with Crippen LogP contribution in [0.2, 0.25) is 0 Å². The summed E-state index contributed by atoms with van der Waals surface area (Å²) in [6.07, 6.45) is 2.83. The van der Waals surface area contributed by atoms with Gasteiger partial charge in [-0.25, -0.2) is 0 Å². The molecule has 1 saturated carbocycles. The van der Waals surface area contributed by atoms with Gasteiger partial charge in [0.1, 0.15) is 0 Å². The van der Waals surface area contributed by atoms with Gasteiger partial charge in [0, 0.05) is 23.6 Å². The zero-order valence-electron chi connectivity index (χ0n) is 11.0. The van der Waals surface area contributed by atoms with Crippen LogP contribution >= 0.6 is 15.9 Å². The summed E-state index contributed by atoms with van der Waals surface area (Å²) < 4.78 is 0. The molecule has 1 aromatic carbocycles.